The Kier molecular flexibility index (Phi) is 6.04. The van der Waals surface area contributed by atoms with Gasteiger partial charge in [-0.3, -0.25) is 4.79 Å². The first-order valence-corrected chi connectivity index (χ1v) is 12.2. The number of aromatic amines is 1. The number of H-pyrrole nitrogens is 1. The average molecular weight is 468 g/mol. The summed E-state index contributed by atoms with van der Waals surface area (Å²) in [6.07, 6.45) is 1.52. The molecule has 7 heteroatoms. The van der Waals surface area contributed by atoms with E-state index in [4.69, 9.17) is 4.74 Å². The lowest BCUT2D eigenvalue weighted by atomic mass is 9.82. The van der Waals surface area contributed by atoms with E-state index in [1.165, 1.54) is 0 Å². The number of rotatable bonds is 3. The number of imidazole rings is 1. The highest BCUT2D eigenvalue weighted by Gasteiger charge is 2.36. The number of fused-ring (bicyclic) bond motifs is 2. The molecule has 3 heterocycles. The lowest BCUT2D eigenvalue weighted by Crippen LogP contribution is -2.43. The number of ether oxygens (including phenoxy) is 1. The number of hydrogen-bond donors (Lipinski definition) is 1. The van der Waals surface area contributed by atoms with E-state index < -0.39 is 5.92 Å². The van der Waals surface area contributed by atoms with Gasteiger partial charge in [0.15, 0.2) is 0 Å². The average Bonchev–Trinajstić information content (AvgIpc) is 3.17. The number of aryl methyl sites for hydroxylation is 1. The predicted octanol–water partition coefficient (Wildman–Crippen LogP) is 5.76. The molecule has 3 aromatic rings. The number of likely N-dealkylation sites (tertiary alicyclic amines) is 1. The number of nitrogens with zero attached hydrogens (tertiary/aromatic N) is 2. The zero-order valence-corrected chi connectivity index (χ0v) is 19.7. The third kappa shape index (κ3) is 4.79. The molecule has 5 nitrogen and oxygen atoms in total. The highest BCUT2D eigenvalue weighted by atomic mass is 19.3. The summed E-state index contributed by atoms with van der Waals surface area (Å²) >= 11 is 0. The fourth-order valence-corrected chi connectivity index (χ4v) is 5.23. The van der Waals surface area contributed by atoms with Gasteiger partial charge in [0, 0.05) is 32.4 Å². The van der Waals surface area contributed by atoms with Crippen molar-refractivity contribution in [3.05, 3.63) is 47.8 Å². The van der Waals surface area contributed by atoms with Crippen LogP contribution in [0.3, 0.4) is 0 Å². The number of nitrogens with one attached hydrogen (secondary N) is 1. The SMILES string of the molecule is Cc1nc2ccc(-c3ccc4c(c3)CC(C)C(CC(=O)N3CCC(F)(F)CC3)CCO4)cc2[nH]1. The first kappa shape index (κ1) is 22.8. The van der Waals surface area contributed by atoms with Crippen LogP contribution in [0.15, 0.2) is 36.4 Å². The van der Waals surface area contributed by atoms with Crippen LogP contribution in [0.5, 0.6) is 5.75 Å². The van der Waals surface area contributed by atoms with E-state index >= 15 is 0 Å². The van der Waals surface area contributed by atoms with Crippen LogP contribution in [-0.4, -0.2) is 46.4 Å². The smallest absolute Gasteiger partial charge is 0.251 e. The normalized spacial score (nSPS) is 22.5. The molecule has 2 aromatic carbocycles. The maximum atomic E-state index is 13.5. The molecule has 2 unspecified atom stereocenters. The third-order valence-electron chi connectivity index (χ3n) is 7.37. The van der Waals surface area contributed by atoms with Crippen molar-refractivity contribution in [3.8, 4) is 16.9 Å². The van der Waals surface area contributed by atoms with Gasteiger partial charge in [-0.05, 0) is 72.6 Å². The maximum Gasteiger partial charge on any atom is 0.251 e. The molecule has 2 aliphatic rings. The third-order valence-corrected chi connectivity index (χ3v) is 7.37. The van der Waals surface area contributed by atoms with Crippen molar-refractivity contribution in [3.63, 3.8) is 0 Å². The van der Waals surface area contributed by atoms with Gasteiger partial charge in [0.2, 0.25) is 5.91 Å². The molecular weight excluding hydrogens is 436 g/mol. The van der Waals surface area contributed by atoms with E-state index in [0.717, 1.165) is 52.1 Å². The predicted molar refractivity (Wildman–Crippen MR) is 128 cm³/mol. The number of alkyl halides is 2. The second-order valence-corrected chi connectivity index (χ2v) is 9.90. The molecule has 0 radical (unpaired) electrons. The fourth-order valence-electron chi connectivity index (χ4n) is 5.23. The van der Waals surface area contributed by atoms with Crippen LogP contribution in [-0.2, 0) is 11.2 Å². The number of benzene rings is 2. The number of carbonyl (C=O) groups excluding carboxylic acids is 1. The molecule has 2 atom stereocenters. The maximum absolute atomic E-state index is 13.5. The van der Waals surface area contributed by atoms with E-state index in [9.17, 15) is 13.6 Å². The van der Waals surface area contributed by atoms with Gasteiger partial charge in [-0.1, -0.05) is 19.1 Å². The summed E-state index contributed by atoms with van der Waals surface area (Å²) in [6.45, 7) is 4.98. The minimum Gasteiger partial charge on any atom is -0.493 e. The Hall–Kier alpha value is -2.96. The quantitative estimate of drug-likeness (QED) is 0.533. The molecular formula is C27H31F2N3O2. The first-order valence-electron chi connectivity index (χ1n) is 12.2. The number of aromatic nitrogens is 2. The van der Waals surface area contributed by atoms with Gasteiger partial charge >= 0.3 is 0 Å². The minimum absolute atomic E-state index is 0.00921. The largest absolute Gasteiger partial charge is 0.493 e. The standard InChI is InChI=1S/C27H31F2N3O2/c1-17-13-22-14-20(21-3-5-23-24(15-21)31-18(2)30-23)4-6-25(22)34-12-7-19(17)16-26(33)32-10-8-27(28,29)9-11-32/h3-6,14-15,17,19H,7-13,16H2,1-2H3,(H,30,31). The highest BCUT2D eigenvalue weighted by Crippen LogP contribution is 2.35. The number of piperidine rings is 1. The summed E-state index contributed by atoms with van der Waals surface area (Å²) in [7, 11) is 0. The van der Waals surface area contributed by atoms with Crippen molar-refractivity contribution in [2.45, 2.75) is 51.9 Å². The number of hydrogen-bond acceptors (Lipinski definition) is 3. The zero-order valence-electron chi connectivity index (χ0n) is 19.7. The van der Waals surface area contributed by atoms with E-state index in [2.05, 4.69) is 41.2 Å². The Morgan fingerprint density at radius 3 is 2.71 bits per heavy atom. The molecule has 180 valence electrons. The van der Waals surface area contributed by atoms with Gasteiger partial charge in [0.25, 0.3) is 5.92 Å². The number of halogens is 2. The van der Waals surface area contributed by atoms with Gasteiger partial charge in [0.05, 0.1) is 17.6 Å². The molecule has 1 saturated heterocycles. The van der Waals surface area contributed by atoms with Gasteiger partial charge < -0.3 is 14.6 Å². The van der Waals surface area contributed by atoms with Crippen LogP contribution in [0, 0.1) is 18.8 Å². The molecule has 0 bridgehead atoms. The lowest BCUT2D eigenvalue weighted by Gasteiger charge is -2.34. The van der Waals surface area contributed by atoms with Crippen molar-refractivity contribution in [1.29, 1.82) is 0 Å². The summed E-state index contributed by atoms with van der Waals surface area (Å²) in [5.74, 6) is -0.407. The van der Waals surface area contributed by atoms with Crippen molar-refractivity contribution >= 4 is 16.9 Å². The van der Waals surface area contributed by atoms with Crippen LogP contribution in [0.4, 0.5) is 8.78 Å². The Bertz CT molecular complexity index is 1200. The molecule has 5 rings (SSSR count). The number of carbonyl (C=O) groups is 1. The van der Waals surface area contributed by atoms with Crippen LogP contribution >= 0.6 is 0 Å². The Morgan fingerprint density at radius 2 is 1.91 bits per heavy atom. The van der Waals surface area contributed by atoms with Crippen molar-refractivity contribution < 1.29 is 18.3 Å². The minimum atomic E-state index is -2.64. The van der Waals surface area contributed by atoms with Gasteiger partial charge in [0.1, 0.15) is 11.6 Å². The van der Waals surface area contributed by atoms with Crippen molar-refractivity contribution in [1.82, 2.24) is 14.9 Å². The molecule has 34 heavy (non-hydrogen) atoms. The topological polar surface area (TPSA) is 58.2 Å². The molecule has 1 amide bonds. The molecule has 0 spiro atoms. The van der Waals surface area contributed by atoms with Crippen LogP contribution < -0.4 is 4.74 Å². The molecule has 1 fully saturated rings. The fraction of sp³-hybridized carbons (Fsp3) is 0.481. The summed E-state index contributed by atoms with van der Waals surface area (Å²) in [5.41, 5.74) is 5.34. The monoisotopic (exact) mass is 467 g/mol. The van der Waals surface area contributed by atoms with E-state index in [0.29, 0.717) is 13.0 Å². The molecule has 2 aliphatic heterocycles. The van der Waals surface area contributed by atoms with Crippen LogP contribution in [0.25, 0.3) is 22.2 Å². The lowest BCUT2D eigenvalue weighted by molar-refractivity contribution is -0.138. The Labute approximate surface area is 198 Å². The molecule has 1 aromatic heterocycles. The first-order chi connectivity index (χ1) is 16.3. The summed E-state index contributed by atoms with van der Waals surface area (Å²) in [4.78, 5) is 22.2. The van der Waals surface area contributed by atoms with Gasteiger partial charge in [-0.15, -0.1) is 0 Å². The summed E-state index contributed by atoms with van der Waals surface area (Å²) in [6, 6.07) is 12.5. The van der Waals surface area contributed by atoms with Crippen LogP contribution in [0.1, 0.15) is 44.0 Å². The van der Waals surface area contributed by atoms with E-state index in [-0.39, 0.29) is 43.7 Å². The van der Waals surface area contributed by atoms with E-state index in [1.54, 1.807) is 4.90 Å². The summed E-state index contributed by atoms with van der Waals surface area (Å²) < 4.78 is 33.0. The van der Waals surface area contributed by atoms with Crippen LogP contribution in [0.2, 0.25) is 0 Å². The second kappa shape index (κ2) is 9.01. The zero-order chi connectivity index (χ0) is 23.9. The van der Waals surface area contributed by atoms with Crippen molar-refractivity contribution in [2.75, 3.05) is 19.7 Å². The van der Waals surface area contributed by atoms with E-state index in [1.807, 2.05) is 19.1 Å². The number of amides is 1. The summed E-state index contributed by atoms with van der Waals surface area (Å²) in [5, 5.41) is 0. The van der Waals surface area contributed by atoms with Gasteiger partial charge in [-0.25, -0.2) is 13.8 Å². The van der Waals surface area contributed by atoms with Gasteiger partial charge in [-0.2, -0.15) is 0 Å². The molecule has 0 aliphatic carbocycles. The second-order valence-electron chi connectivity index (χ2n) is 9.90. The molecule has 1 N–H and O–H groups in total. The Balaban J connectivity index is 1.31. The Morgan fingerprint density at radius 1 is 1.18 bits per heavy atom. The highest BCUT2D eigenvalue weighted by molar-refractivity contribution is 5.82. The molecule has 0 saturated carbocycles. The van der Waals surface area contributed by atoms with Crippen molar-refractivity contribution in [2.24, 2.45) is 11.8 Å².